The van der Waals surface area contributed by atoms with Gasteiger partial charge in [-0.25, -0.2) is 15.0 Å². The molecule has 2 aliphatic rings. The second kappa shape index (κ2) is 14.2. The van der Waals surface area contributed by atoms with E-state index >= 15 is 0 Å². The molecule has 1 saturated heterocycles. The number of fused-ring (bicyclic) bond motifs is 1. The average Bonchev–Trinajstić information content (AvgIpc) is 3.13. The predicted octanol–water partition coefficient (Wildman–Crippen LogP) is 7.56. The molecule has 2 heterocycles. The number of rotatable bonds is 2. The maximum Gasteiger partial charge on any atom is 0.159 e. The molecule has 2 fully saturated rings. The van der Waals surface area contributed by atoms with Crippen molar-refractivity contribution in [2.45, 2.75) is 89.5 Å². The topological polar surface area (TPSA) is 41.0 Å². The van der Waals surface area contributed by atoms with Gasteiger partial charge in [0.05, 0.1) is 5.52 Å². The van der Waals surface area contributed by atoms with Gasteiger partial charge in [0.1, 0.15) is 0 Å². The Balaban J connectivity index is 0.000000162. The molecule has 4 heteroatoms. The largest absolute Gasteiger partial charge is 0.255 e. The summed E-state index contributed by atoms with van der Waals surface area (Å²) < 4.78 is 0. The number of hydrazine groups is 1. The Morgan fingerprint density at radius 3 is 2.12 bits per heavy atom. The summed E-state index contributed by atoms with van der Waals surface area (Å²) in [6.07, 6.45) is 20.5. The second-order valence-corrected chi connectivity index (χ2v) is 9.84. The van der Waals surface area contributed by atoms with Crippen molar-refractivity contribution in [2.24, 2.45) is 0 Å². The molecule has 1 aliphatic carbocycles. The van der Waals surface area contributed by atoms with Crippen LogP contribution in [0.3, 0.4) is 0 Å². The lowest BCUT2D eigenvalue weighted by atomic mass is 10.0. The van der Waals surface area contributed by atoms with E-state index in [1.807, 2.05) is 60.8 Å². The maximum absolute atomic E-state index is 4.53. The van der Waals surface area contributed by atoms with Crippen molar-refractivity contribution >= 4 is 10.9 Å². The fourth-order valence-electron chi connectivity index (χ4n) is 5.17. The summed E-state index contributed by atoms with van der Waals surface area (Å²) in [6.45, 7) is 2.49. The van der Waals surface area contributed by atoms with Gasteiger partial charge in [0, 0.05) is 36.3 Å². The molecule has 0 atom stereocenters. The van der Waals surface area contributed by atoms with Crippen molar-refractivity contribution in [2.75, 3.05) is 13.1 Å². The summed E-state index contributed by atoms with van der Waals surface area (Å²) in [7, 11) is 0. The molecule has 2 aromatic carbocycles. The van der Waals surface area contributed by atoms with E-state index in [0.717, 1.165) is 28.3 Å². The Kier molecular flexibility index (Phi) is 10.3. The highest BCUT2D eigenvalue weighted by molar-refractivity contribution is 5.79. The third-order valence-corrected chi connectivity index (χ3v) is 7.18. The molecular formula is C30H42N4. The van der Waals surface area contributed by atoms with Gasteiger partial charge in [0.25, 0.3) is 0 Å². The quantitative estimate of drug-likeness (QED) is 0.430. The first-order valence-electron chi connectivity index (χ1n) is 13.7. The van der Waals surface area contributed by atoms with Crippen LogP contribution in [0.2, 0.25) is 0 Å². The van der Waals surface area contributed by atoms with Crippen LogP contribution in [0.4, 0.5) is 0 Å². The van der Waals surface area contributed by atoms with Gasteiger partial charge in [0.15, 0.2) is 5.82 Å². The Labute approximate surface area is 206 Å². The van der Waals surface area contributed by atoms with Crippen molar-refractivity contribution in [3.63, 3.8) is 0 Å². The summed E-state index contributed by atoms with van der Waals surface area (Å²) in [6, 6.07) is 18.8. The smallest absolute Gasteiger partial charge is 0.159 e. The number of nitrogens with zero attached hydrogens (tertiary/aromatic N) is 3. The van der Waals surface area contributed by atoms with E-state index in [-0.39, 0.29) is 0 Å². The first kappa shape index (κ1) is 24.8. The minimum absolute atomic E-state index is 0.777. The summed E-state index contributed by atoms with van der Waals surface area (Å²) in [5.41, 5.74) is 5.77. The predicted molar refractivity (Wildman–Crippen MR) is 143 cm³/mol. The summed E-state index contributed by atoms with van der Waals surface area (Å²) in [5, 5.41) is 3.69. The molecule has 0 amide bonds. The molecule has 0 unspecified atom stereocenters. The molecule has 5 rings (SSSR count). The van der Waals surface area contributed by atoms with Gasteiger partial charge in [-0.05, 0) is 31.7 Å². The Morgan fingerprint density at radius 2 is 1.32 bits per heavy atom. The third kappa shape index (κ3) is 7.89. The number of hydrogen-bond donors (Lipinski definition) is 1. The lowest BCUT2D eigenvalue weighted by Gasteiger charge is -2.32. The highest BCUT2D eigenvalue weighted by Crippen LogP contribution is 2.21. The molecule has 34 heavy (non-hydrogen) atoms. The van der Waals surface area contributed by atoms with Gasteiger partial charge < -0.3 is 0 Å². The maximum atomic E-state index is 4.53. The summed E-state index contributed by atoms with van der Waals surface area (Å²) in [4.78, 5) is 8.90. The third-order valence-electron chi connectivity index (χ3n) is 7.18. The van der Waals surface area contributed by atoms with Gasteiger partial charge in [-0.1, -0.05) is 106 Å². The number of aromatic nitrogens is 2. The Hall–Kier alpha value is -2.30. The highest BCUT2D eigenvalue weighted by Gasteiger charge is 2.18. The van der Waals surface area contributed by atoms with Gasteiger partial charge in [0.2, 0.25) is 0 Å². The van der Waals surface area contributed by atoms with Crippen molar-refractivity contribution in [1.29, 1.82) is 0 Å². The summed E-state index contributed by atoms with van der Waals surface area (Å²) >= 11 is 0. The Bertz CT molecular complexity index is 916. The van der Waals surface area contributed by atoms with Crippen LogP contribution in [0.25, 0.3) is 22.3 Å². The number of para-hydroxylation sites is 1. The first-order chi connectivity index (χ1) is 16.9. The average molecular weight is 459 g/mol. The number of nitrogens with one attached hydrogen (secondary N) is 1. The van der Waals surface area contributed by atoms with Crippen LogP contribution in [-0.4, -0.2) is 34.1 Å². The molecule has 1 aliphatic heterocycles. The van der Waals surface area contributed by atoms with E-state index in [1.54, 1.807) is 0 Å². The van der Waals surface area contributed by atoms with Gasteiger partial charge >= 0.3 is 0 Å². The molecule has 1 saturated carbocycles. The van der Waals surface area contributed by atoms with Crippen molar-refractivity contribution < 1.29 is 0 Å². The van der Waals surface area contributed by atoms with E-state index in [0.29, 0.717) is 0 Å². The molecule has 0 radical (unpaired) electrons. The van der Waals surface area contributed by atoms with E-state index in [1.165, 1.54) is 96.6 Å². The van der Waals surface area contributed by atoms with Crippen LogP contribution >= 0.6 is 0 Å². The number of benzene rings is 2. The monoisotopic (exact) mass is 458 g/mol. The van der Waals surface area contributed by atoms with E-state index in [9.17, 15) is 0 Å². The zero-order valence-electron chi connectivity index (χ0n) is 20.8. The van der Waals surface area contributed by atoms with Crippen LogP contribution < -0.4 is 5.43 Å². The SMILES string of the molecule is C1CCCCC(N2CCCCCCCN2)CCC1.c1ccc(-c2ncc3ccccc3n2)cc1. The molecule has 4 nitrogen and oxygen atoms in total. The normalized spacial score (nSPS) is 19.4. The molecule has 0 spiro atoms. The van der Waals surface area contributed by atoms with Gasteiger partial charge in [-0.2, -0.15) is 0 Å². The number of hydrogen-bond acceptors (Lipinski definition) is 4. The molecular weight excluding hydrogens is 416 g/mol. The van der Waals surface area contributed by atoms with Gasteiger partial charge in [-0.3, -0.25) is 5.43 Å². The van der Waals surface area contributed by atoms with Crippen molar-refractivity contribution in [3.05, 3.63) is 60.8 Å². The highest BCUT2D eigenvalue weighted by atomic mass is 15.5. The van der Waals surface area contributed by atoms with E-state index in [2.05, 4.69) is 20.4 Å². The van der Waals surface area contributed by atoms with Crippen LogP contribution in [0.5, 0.6) is 0 Å². The Morgan fingerprint density at radius 1 is 0.676 bits per heavy atom. The second-order valence-electron chi connectivity index (χ2n) is 9.84. The zero-order chi connectivity index (χ0) is 23.3. The van der Waals surface area contributed by atoms with Crippen LogP contribution in [0, 0.1) is 0 Å². The van der Waals surface area contributed by atoms with Crippen molar-refractivity contribution in [3.8, 4) is 11.4 Å². The lowest BCUT2D eigenvalue weighted by molar-refractivity contribution is 0.107. The fraction of sp³-hybridized carbons (Fsp3) is 0.533. The molecule has 1 N–H and O–H groups in total. The molecule has 182 valence electrons. The van der Waals surface area contributed by atoms with Crippen LogP contribution in [0.15, 0.2) is 60.8 Å². The van der Waals surface area contributed by atoms with Crippen LogP contribution in [0.1, 0.15) is 83.5 Å². The lowest BCUT2D eigenvalue weighted by Crippen LogP contribution is -2.46. The van der Waals surface area contributed by atoms with Crippen molar-refractivity contribution in [1.82, 2.24) is 20.4 Å². The minimum Gasteiger partial charge on any atom is -0.255 e. The molecule has 3 aromatic rings. The zero-order valence-corrected chi connectivity index (χ0v) is 20.8. The fourth-order valence-corrected chi connectivity index (χ4v) is 5.17. The molecule has 0 bridgehead atoms. The van der Waals surface area contributed by atoms with E-state index < -0.39 is 0 Å². The standard InChI is InChI=1S/C16H32N2.C14H10N2/c1-2-5-9-13-16(12-8-4-1)18-15-11-7-3-6-10-14-17-18;1-2-6-11(7-3-1)14-15-10-12-8-4-5-9-13(12)16-14/h16-17H,1-15H2;1-10H. The first-order valence-corrected chi connectivity index (χ1v) is 13.7. The summed E-state index contributed by atoms with van der Waals surface area (Å²) in [5.74, 6) is 0.777. The van der Waals surface area contributed by atoms with Crippen LogP contribution in [-0.2, 0) is 0 Å². The van der Waals surface area contributed by atoms with Gasteiger partial charge in [-0.15, -0.1) is 0 Å². The minimum atomic E-state index is 0.777. The van der Waals surface area contributed by atoms with E-state index in [4.69, 9.17) is 0 Å². The molecule has 1 aromatic heterocycles.